The zero-order valence-electron chi connectivity index (χ0n) is 16.7. The number of ketones is 1. The van der Waals surface area contributed by atoms with Gasteiger partial charge in [0.2, 0.25) is 0 Å². The fraction of sp³-hybridized carbons (Fsp3) is 0.174. The van der Waals surface area contributed by atoms with Gasteiger partial charge in [-0.25, -0.2) is 4.98 Å². The molecular formula is C23H19BrN2O3S. The van der Waals surface area contributed by atoms with Crippen molar-refractivity contribution in [1.29, 1.82) is 5.26 Å². The predicted molar refractivity (Wildman–Crippen MR) is 122 cm³/mol. The summed E-state index contributed by atoms with van der Waals surface area (Å²) in [5.74, 6) is 1.44. The minimum Gasteiger partial charge on any atom is -0.493 e. The second-order valence-corrected chi connectivity index (χ2v) is 8.29. The molecule has 0 amide bonds. The maximum absolute atomic E-state index is 11.6. The number of halogens is 1. The summed E-state index contributed by atoms with van der Waals surface area (Å²) in [7, 11) is 3.15. The number of hydrogen-bond donors (Lipinski definition) is 0. The first-order valence-electron chi connectivity index (χ1n) is 9.02. The fourth-order valence-electron chi connectivity index (χ4n) is 2.90. The highest BCUT2D eigenvalue weighted by molar-refractivity contribution is 9.10. The Morgan fingerprint density at radius 2 is 1.73 bits per heavy atom. The summed E-state index contributed by atoms with van der Waals surface area (Å²) in [6.45, 7) is 1.52. The second kappa shape index (κ2) is 9.79. The molecule has 0 bridgehead atoms. The summed E-state index contributed by atoms with van der Waals surface area (Å²) >= 11 is 4.72. The molecule has 0 spiro atoms. The number of nitriles is 1. The van der Waals surface area contributed by atoms with Gasteiger partial charge in [-0.05, 0) is 42.8 Å². The Balaban J connectivity index is 2.23. The van der Waals surface area contributed by atoms with E-state index in [2.05, 4.69) is 22.0 Å². The minimum absolute atomic E-state index is 0.0207. The van der Waals surface area contributed by atoms with Crippen molar-refractivity contribution in [1.82, 2.24) is 4.98 Å². The predicted octanol–water partition coefficient (Wildman–Crippen LogP) is 5.75. The quantitative estimate of drug-likeness (QED) is 0.399. The number of pyridine rings is 1. The average Bonchev–Trinajstić information content (AvgIpc) is 2.76. The zero-order chi connectivity index (χ0) is 21.7. The van der Waals surface area contributed by atoms with Crippen LogP contribution in [0.4, 0.5) is 0 Å². The van der Waals surface area contributed by atoms with E-state index in [1.807, 2.05) is 42.5 Å². The van der Waals surface area contributed by atoms with E-state index in [4.69, 9.17) is 14.5 Å². The van der Waals surface area contributed by atoms with Crippen molar-refractivity contribution in [2.45, 2.75) is 11.9 Å². The van der Waals surface area contributed by atoms with Crippen LogP contribution in [0.5, 0.6) is 11.5 Å². The van der Waals surface area contributed by atoms with Crippen LogP contribution in [0.2, 0.25) is 0 Å². The molecule has 1 heterocycles. The third-order valence-electron chi connectivity index (χ3n) is 4.34. The van der Waals surface area contributed by atoms with Crippen molar-refractivity contribution >= 4 is 33.5 Å². The zero-order valence-corrected chi connectivity index (χ0v) is 19.1. The number of hydrogen-bond acceptors (Lipinski definition) is 6. The summed E-state index contributed by atoms with van der Waals surface area (Å²) in [5, 5.41) is 10.4. The Hall–Kier alpha value is -2.82. The maximum Gasteiger partial charge on any atom is 0.161 e. The van der Waals surface area contributed by atoms with Crippen LogP contribution in [-0.4, -0.2) is 30.7 Å². The smallest absolute Gasteiger partial charge is 0.161 e. The number of benzene rings is 2. The second-order valence-electron chi connectivity index (χ2n) is 6.41. The van der Waals surface area contributed by atoms with Gasteiger partial charge in [-0.1, -0.05) is 45.9 Å². The van der Waals surface area contributed by atoms with Crippen LogP contribution in [0.25, 0.3) is 22.4 Å². The van der Waals surface area contributed by atoms with Crippen LogP contribution < -0.4 is 9.47 Å². The number of methoxy groups -OCH3 is 2. The lowest BCUT2D eigenvalue weighted by Crippen LogP contribution is -2.00. The summed E-state index contributed by atoms with van der Waals surface area (Å²) in [6.07, 6.45) is 0. The molecule has 3 aromatic rings. The van der Waals surface area contributed by atoms with E-state index in [-0.39, 0.29) is 11.5 Å². The van der Waals surface area contributed by atoms with E-state index in [1.54, 1.807) is 20.3 Å². The molecule has 30 heavy (non-hydrogen) atoms. The number of thioether (sulfide) groups is 1. The SMILES string of the molecule is COc1ccc(-c2cc(-c3ccc(Br)cc3)nc(SCC(C)=O)c2C#N)cc1OC. The van der Waals surface area contributed by atoms with Gasteiger partial charge in [0.25, 0.3) is 0 Å². The highest BCUT2D eigenvalue weighted by atomic mass is 79.9. The molecule has 0 saturated heterocycles. The third kappa shape index (κ3) is 4.84. The molecule has 0 aliphatic carbocycles. The number of carbonyl (C=O) groups excluding carboxylic acids is 1. The first-order chi connectivity index (χ1) is 14.5. The Labute approximate surface area is 188 Å². The molecule has 0 aliphatic rings. The molecule has 5 nitrogen and oxygen atoms in total. The van der Waals surface area contributed by atoms with Crippen molar-refractivity contribution in [2.75, 3.05) is 20.0 Å². The molecule has 0 fully saturated rings. The minimum atomic E-state index is 0.0207. The fourth-order valence-corrected chi connectivity index (χ4v) is 3.97. The molecule has 7 heteroatoms. The maximum atomic E-state index is 11.6. The van der Waals surface area contributed by atoms with Gasteiger partial charge in [-0.2, -0.15) is 5.26 Å². The summed E-state index contributed by atoms with van der Waals surface area (Å²) in [5.41, 5.74) is 3.58. The highest BCUT2D eigenvalue weighted by Crippen LogP contribution is 2.38. The van der Waals surface area contributed by atoms with Crippen molar-refractivity contribution in [3.63, 3.8) is 0 Å². The molecule has 0 aliphatic heterocycles. The molecule has 1 aromatic heterocycles. The lowest BCUT2D eigenvalue weighted by atomic mass is 9.99. The van der Waals surface area contributed by atoms with E-state index in [9.17, 15) is 10.1 Å². The van der Waals surface area contributed by atoms with Crippen LogP contribution in [0.15, 0.2) is 58.0 Å². The average molecular weight is 483 g/mol. The molecule has 0 N–H and O–H groups in total. The third-order valence-corrected chi connectivity index (χ3v) is 5.99. The van der Waals surface area contributed by atoms with Gasteiger partial charge in [0.15, 0.2) is 11.5 Å². The van der Waals surface area contributed by atoms with Gasteiger partial charge in [0, 0.05) is 15.6 Å². The van der Waals surface area contributed by atoms with Crippen molar-refractivity contribution < 1.29 is 14.3 Å². The standard InChI is InChI=1S/C23H19BrN2O3S/c1-14(27)13-30-23-19(12-25)18(16-6-9-21(28-2)22(10-16)29-3)11-20(26-23)15-4-7-17(24)8-5-15/h4-11H,13H2,1-3H3. The van der Waals surface area contributed by atoms with Crippen LogP contribution in [0, 0.1) is 11.3 Å². The summed E-state index contributed by atoms with van der Waals surface area (Å²) in [4.78, 5) is 16.2. The summed E-state index contributed by atoms with van der Waals surface area (Å²) < 4.78 is 11.7. The van der Waals surface area contributed by atoms with Crippen LogP contribution in [-0.2, 0) is 4.79 Å². The van der Waals surface area contributed by atoms with Gasteiger partial charge in [-0.15, -0.1) is 0 Å². The van der Waals surface area contributed by atoms with Crippen LogP contribution >= 0.6 is 27.7 Å². The van der Waals surface area contributed by atoms with E-state index in [1.165, 1.54) is 18.7 Å². The Kier molecular flexibility index (Phi) is 7.14. The number of carbonyl (C=O) groups is 1. The van der Waals surface area contributed by atoms with E-state index < -0.39 is 0 Å². The van der Waals surface area contributed by atoms with Crippen LogP contribution in [0.1, 0.15) is 12.5 Å². The van der Waals surface area contributed by atoms with E-state index in [0.29, 0.717) is 22.1 Å². The molecule has 152 valence electrons. The van der Waals surface area contributed by atoms with E-state index >= 15 is 0 Å². The number of Topliss-reactive ketones (excluding diaryl/α,β-unsaturated/α-hetero) is 1. The Morgan fingerprint density at radius 1 is 1.07 bits per heavy atom. The van der Waals surface area contributed by atoms with Gasteiger partial charge < -0.3 is 9.47 Å². The molecular weight excluding hydrogens is 464 g/mol. The highest BCUT2D eigenvalue weighted by Gasteiger charge is 2.18. The molecule has 3 rings (SSSR count). The first-order valence-corrected chi connectivity index (χ1v) is 10.8. The van der Waals surface area contributed by atoms with Crippen LogP contribution in [0.3, 0.4) is 0 Å². The largest absolute Gasteiger partial charge is 0.493 e. The number of nitrogens with zero attached hydrogens (tertiary/aromatic N) is 2. The topological polar surface area (TPSA) is 72.2 Å². The van der Waals surface area contributed by atoms with Gasteiger partial charge >= 0.3 is 0 Å². The molecule has 0 unspecified atom stereocenters. The number of ether oxygens (including phenoxy) is 2. The lowest BCUT2D eigenvalue weighted by molar-refractivity contribution is -0.114. The van der Waals surface area contributed by atoms with E-state index in [0.717, 1.165) is 26.9 Å². The first kappa shape index (κ1) is 21.9. The number of rotatable bonds is 7. The van der Waals surface area contributed by atoms with Crippen molar-refractivity contribution in [3.8, 4) is 40.0 Å². The summed E-state index contributed by atoms with van der Waals surface area (Å²) in [6, 6.07) is 17.5. The Bertz CT molecular complexity index is 1120. The van der Waals surface area contributed by atoms with Crippen molar-refractivity contribution in [2.24, 2.45) is 0 Å². The normalized spacial score (nSPS) is 10.4. The Morgan fingerprint density at radius 3 is 2.33 bits per heavy atom. The van der Waals surface area contributed by atoms with Crippen molar-refractivity contribution in [3.05, 3.63) is 58.6 Å². The monoisotopic (exact) mass is 482 g/mol. The molecule has 2 aromatic carbocycles. The van der Waals surface area contributed by atoms with Gasteiger partial charge in [0.05, 0.1) is 31.2 Å². The lowest BCUT2D eigenvalue weighted by Gasteiger charge is -2.14. The molecule has 0 saturated carbocycles. The van der Waals surface area contributed by atoms with Gasteiger partial charge in [0.1, 0.15) is 16.9 Å². The molecule has 0 atom stereocenters. The van der Waals surface area contributed by atoms with Gasteiger partial charge in [-0.3, -0.25) is 4.79 Å². The number of aromatic nitrogens is 1. The molecule has 0 radical (unpaired) electrons.